The second-order valence-electron chi connectivity index (χ2n) is 11.1. The SMILES string of the molecule is CC1(C)c2ccccc2-c2cc3c(cc21)nnn3-c1ccc(-c2nc(-c3ccccc3)nc(-c3ccccc3)n2)cc1. The minimum absolute atomic E-state index is 0.0761. The third-order valence-electron chi connectivity index (χ3n) is 8.22. The van der Waals surface area contributed by atoms with Gasteiger partial charge in [-0.1, -0.05) is 104 Å². The number of rotatable bonds is 4. The Morgan fingerprint density at radius 2 is 1.07 bits per heavy atom. The fourth-order valence-electron chi connectivity index (χ4n) is 6.00. The molecule has 0 N–H and O–H groups in total. The lowest BCUT2D eigenvalue weighted by Crippen LogP contribution is -2.14. The highest BCUT2D eigenvalue weighted by Crippen LogP contribution is 2.49. The molecule has 0 spiro atoms. The molecular formula is C36H26N6. The fraction of sp³-hybridized carbons (Fsp3) is 0.0833. The Bertz CT molecular complexity index is 2040. The summed E-state index contributed by atoms with van der Waals surface area (Å²) in [5.41, 5.74) is 10.7. The predicted molar refractivity (Wildman–Crippen MR) is 166 cm³/mol. The van der Waals surface area contributed by atoms with Crippen molar-refractivity contribution >= 4 is 11.0 Å². The van der Waals surface area contributed by atoms with Crippen LogP contribution in [0.5, 0.6) is 0 Å². The molecule has 0 bridgehead atoms. The standard InChI is InChI=1S/C36H26N6/c1-36(2)29-16-10-9-15-27(29)28-21-32-31(22-30(28)36)40-41-42(32)26-19-17-25(18-20-26)35-38-33(23-11-5-3-6-12-23)37-34(39-35)24-13-7-4-8-14-24/h3-22H,1-2H3. The van der Waals surface area contributed by atoms with E-state index in [2.05, 4.69) is 60.6 Å². The van der Waals surface area contributed by atoms with E-state index >= 15 is 0 Å². The van der Waals surface area contributed by atoms with E-state index in [1.165, 1.54) is 22.3 Å². The zero-order valence-electron chi connectivity index (χ0n) is 23.2. The molecule has 5 aromatic carbocycles. The van der Waals surface area contributed by atoms with Crippen LogP contribution >= 0.6 is 0 Å². The molecule has 0 saturated heterocycles. The number of hydrogen-bond donors (Lipinski definition) is 0. The van der Waals surface area contributed by atoms with Crippen LogP contribution in [0.4, 0.5) is 0 Å². The van der Waals surface area contributed by atoms with Crippen LogP contribution in [-0.4, -0.2) is 29.9 Å². The van der Waals surface area contributed by atoms with Crippen molar-refractivity contribution in [1.82, 2.24) is 29.9 Å². The van der Waals surface area contributed by atoms with Crippen molar-refractivity contribution in [3.8, 4) is 51.0 Å². The summed E-state index contributed by atoms with van der Waals surface area (Å²) in [6.45, 7) is 4.56. The van der Waals surface area contributed by atoms with Crippen LogP contribution in [0.2, 0.25) is 0 Å². The van der Waals surface area contributed by atoms with E-state index in [0.717, 1.165) is 33.4 Å². The topological polar surface area (TPSA) is 69.4 Å². The molecule has 2 heterocycles. The average molecular weight is 543 g/mol. The van der Waals surface area contributed by atoms with E-state index in [4.69, 9.17) is 15.0 Å². The average Bonchev–Trinajstić information content (AvgIpc) is 3.57. The minimum Gasteiger partial charge on any atom is -0.213 e. The lowest BCUT2D eigenvalue weighted by molar-refractivity contribution is 0.661. The Hall–Kier alpha value is -5.49. The summed E-state index contributed by atoms with van der Waals surface area (Å²) in [5.74, 6) is 1.90. The first-order chi connectivity index (χ1) is 20.6. The van der Waals surface area contributed by atoms with E-state index in [0.29, 0.717) is 17.5 Å². The van der Waals surface area contributed by atoms with Gasteiger partial charge in [0, 0.05) is 22.1 Å². The summed E-state index contributed by atoms with van der Waals surface area (Å²) >= 11 is 0. The monoisotopic (exact) mass is 542 g/mol. The molecule has 0 radical (unpaired) electrons. The van der Waals surface area contributed by atoms with Gasteiger partial charge in [0.2, 0.25) is 0 Å². The third-order valence-corrected chi connectivity index (χ3v) is 8.22. The molecule has 0 aliphatic heterocycles. The normalized spacial score (nSPS) is 13.2. The molecule has 0 amide bonds. The van der Waals surface area contributed by atoms with E-state index in [-0.39, 0.29) is 5.41 Å². The van der Waals surface area contributed by atoms with E-state index < -0.39 is 0 Å². The van der Waals surface area contributed by atoms with Gasteiger partial charge >= 0.3 is 0 Å². The maximum Gasteiger partial charge on any atom is 0.164 e. The molecule has 0 fully saturated rings. The zero-order chi connectivity index (χ0) is 28.3. The molecule has 1 aliphatic carbocycles. The summed E-state index contributed by atoms with van der Waals surface area (Å²) in [6.07, 6.45) is 0. The Labute approximate surface area is 243 Å². The first-order valence-corrected chi connectivity index (χ1v) is 14.0. The van der Waals surface area contributed by atoms with Gasteiger partial charge in [-0.25, -0.2) is 19.6 Å². The maximum atomic E-state index is 4.86. The maximum absolute atomic E-state index is 4.86. The summed E-state index contributed by atoms with van der Waals surface area (Å²) in [6, 6.07) is 41.3. The second-order valence-corrected chi connectivity index (χ2v) is 11.1. The number of fused-ring (bicyclic) bond motifs is 4. The molecule has 0 saturated carbocycles. The molecule has 42 heavy (non-hydrogen) atoms. The van der Waals surface area contributed by atoms with Gasteiger partial charge in [-0.15, -0.1) is 5.10 Å². The van der Waals surface area contributed by atoms with Crippen molar-refractivity contribution in [2.24, 2.45) is 0 Å². The van der Waals surface area contributed by atoms with Crippen molar-refractivity contribution in [3.63, 3.8) is 0 Å². The van der Waals surface area contributed by atoms with E-state index in [1.807, 2.05) is 89.6 Å². The van der Waals surface area contributed by atoms with Gasteiger partial charge in [0.25, 0.3) is 0 Å². The van der Waals surface area contributed by atoms with Gasteiger partial charge in [0.05, 0.1) is 11.2 Å². The zero-order valence-corrected chi connectivity index (χ0v) is 23.2. The smallest absolute Gasteiger partial charge is 0.164 e. The fourth-order valence-corrected chi connectivity index (χ4v) is 6.00. The lowest BCUT2D eigenvalue weighted by atomic mass is 9.82. The van der Waals surface area contributed by atoms with Crippen LogP contribution < -0.4 is 0 Å². The molecule has 1 aliphatic rings. The summed E-state index contributed by atoms with van der Waals surface area (Å²) in [4.78, 5) is 14.5. The summed E-state index contributed by atoms with van der Waals surface area (Å²) < 4.78 is 1.91. The highest BCUT2D eigenvalue weighted by molar-refractivity contribution is 5.90. The molecule has 200 valence electrons. The molecule has 2 aromatic heterocycles. The lowest BCUT2D eigenvalue weighted by Gasteiger charge is -2.21. The quantitative estimate of drug-likeness (QED) is 0.226. The second kappa shape index (κ2) is 9.28. The summed E-state index contributed by atoms with van der Waals surface area (Å²) in [5, 5.41) is 9.10. The van der Waals surface area contributed by atoms with Crippen molar-refractivity contribution in [1.29, 1.82) is 0 Å². The van der Waals surface area contributed by atoms with Crippen LogP contribution in [0.25, 0.3) is 62.0 Å². The van der Waals surface area contributed by atoms with Crippen LogP contribution in [0.1, 0.15) is 25.0 Å². The predicted octanol–water partition coefficient (Wildman–Crippen LogP) is 7.91. The van der Waals surface area contributed by atoms with Crippen molar-refractivity contribution in [3.05, 3.63) is 132 Å². The van der Waals surface area contributed by atoms with Gasteiger partial charge in [-0.2, -0.15) is 0 Å². The van der Waals surface area contributed by atoms with Crippen molar-refractivity contribution in [2.45, 2.75) is 19.3 Å². The molecular weight excluding hydrogens is 516 g/mol. The molecule has 8 rings (SSSR count). The molecule has 0 atom stereocenters. The van der Waals surface area contributed by atoms with Crippen LogP contribution in [0, 0.1) is 0 Å². The minimum atomic E-state index is -0.0761. The van der Waals surface area contributed by atoms with Crippen LogP contribution in [0.15, 0.2) is 121 Å². The molecule has 0 unspecified atom stereocenters. The van der Waals surface area contributed by atoms with E-state index in [9.17, 15) is 0 Å². The van der Waals surface area contributed by atoms with Crippen molar-refractivity contribution < 1.29 is 0 Å². The number of hydrogen-bond acceptors (Lipinski definition) is 5. The Balaban J connectivity index is 1.21. The van der Waals surface area contributed by atoms with Gasteiger partial charge in [0.15, 0.2) is 17.5 Å². The van der Waals surface area contributed by atoms with Gasteiger partial charge < -0.3 is 0 Å². The largest absolute Gasteiger partial charge is 0.213 e. The number of benzene rings is 5. The molecule has 7 aromatic rings. The number of aromatic nitrogens is 6. The first-order valence-electron chi connectivity index (χ1n) is 14.0. The molecule has 6 nitrogen and oxygen atoms in total. The highest BCUT2D eigenvalue weighted by Gasteiger charge is 2.36. The van der Waals surface area contributed by atoms with Crippen LogP contribution in [-0.2, 0) is 5.41 Å². The third kappa shape index (κ3) is 3.84. The summed E-state index contributed by atoms with van der Waals surface area (Å²) in [7, 11) is 0. The van der Waals surface area contributed by atoms with Crippen molar-refractivity contribution in [2.75, 3.05) is 0 Å². The Morgan fingerprint density at radius 1 is 0.524 bits per heavy atom. The highest BCUT2D eigenvalue weighted by atomic mass is 15.4. The Kier molecular flexibility index (Phi) is 5.37. The van der Waals surface area contributed by atoms with Gasteiger partial charge in [-0.05, 0) is 58.7 Å². The van der Waals surface area contributed by atoms with Crippen LogP contribution in [0.3, 0.4) is 0 Å². The first kappa shape index (κ1) is 24.3. The Morgan fingerprint density at radius 3 is 1.69 bits per heavy atom. The van der Waals surface area contributed by atoms with Gasteiger partial charge in [0.1, 0.15) is 5.52 Å². The molecule has 6 heteroatoms. The van der Waals surface area contributed by atoms with Gasteiger partial charge in [-0.3, -0.25) is 0 Å². The number of nitrogens with zero attached hydrogens (tertiary/aromatic N) is 6. The van der Waals surface area contributed by atoms with E-state index in [1.54, 1.807) is 0 Å².